The van der Waals surface area contributed by atoms with Gasteiger partial charge in [-0.2, -0.15) is 0 Å². The molecule has 0 spiro atoms. The number of hydrogen-bond acceptors (Lipinski definition) is 5. The Morgan fingerprint density at radius 3 is 2.71 bits per heavy atom. The number of anilines is 1. The first-order valence-corrected chi connectivity index (χ1v) is 7.64. The average Bonchev–Trinajstić information content (AvgIpc) is 2.91. The number of nitrogens with one attached hydrogen (secondary N) is 2. The van der Waals surface area contributed by atoms with E-state index < -0.39 is 0 Å². The predicted molar refractivity (Wildman–Crippen MR) is 90.9 cm³/mol. The highest BCUT2D eigenvalue weighted by molar-refractivity contribution is 5.95. The smallest absolute Gasteiger partial charge is 0.273 e. The lowest BCUT2D eigenvalue weighted by Gasteiger charge is -2.13. The molecule has 2 aromatic heterocycles. The summed E-state index contributed by atoms with van der Waals surface area (Å²) < 4.78 is 6.82. The van der Waals surface area contributed by atoms with Gasteiger partial charge in [-0.1, -0.05) is 12.1 Å². The number of aryl methyl sites for hydroxylation is 2. The van der Waals surface area contributed by atoms with E-state index in [1.54, 1.807) is 38.1 Å². The normalized spacial score (nSPS) is 10.8. The number of aromatic nitrogens is 2. The topological polar surface area (TPSA) is 89.2 Å². The molecular formula is C17H18N4O3. The van der Waals surface area contributed by atoms with Crippen molar-refractivity contribution < 1.29 is 9.21 Å². The van der Waals surface area contributed by atoms with E-state index in [9.17, 15) is 9.59 Å². The summed E-state index contributed by atoms with van der Waals surface area (Å²) in [5.41, 5.74) is 6.16. The third-order valence-corrected chi connectivity index (χ3v) is 3.75. The van der Waals surface area contributed by atoms with Crippen LogP contribution in [0.3, 0.4) is 0 Å². The first kappa shape index (κ1) is 15.8. The van der Waals surface area contributed by atoms with Crippen LogP contribution in [-0.2, 0) is 6.54 Å². The van der Waals surface area contributed by atoms with Gasteiger partial charge in [0.15, 0.2) is 0 Å². The number of fused-ring (bicyclic) bond motifs is 1. The molecule has 0 radical (unpaired) electrons. The standard InChI is InChI=1S/C17H18N4O3/c1-4-21-16(23)12-7-5-6-8-14(12)18-17(21)20-19-15(22)13-9-10(2)24-11(13)3/h5-9H,4H2,1-3H3,(H,18,20)(H,19,22). The van der Waals surface area contributed by atoms with Crippen molar-refractivity contribution in [3.8, 4) is 0 Å². The zero-order valence-electron chi connectivity index (χ0n) is 13.7. The van der Waals surface area contributed by atoms with Crippen LogP contribution >= 0.6 is 0 Å². The van der Waals surface area contributed by atoms with E-state index in [1.165, 1.54) is 4.57 Å². The summed E-state index contributed by atoms with van der Waals surface area (Å²) in [5.74, 6) is 1.12. The molecule has 3 rings (SSSR count). The minimum Gasteiger partial charge on any atom is -0.466 e. The lowest BCUT2D eigenvalue weighted by Crippen LogP contribution is -2.34. The van der Waals surface area contributed by atoms with Crippen molar-refractivity contribution >= 4 is 22.8 Å². The minimum atomic E-state index is -0.352. The van der Waals surface area contributed by atoms with Crippen LogP contribution < -0.4 is 16.4 Å². The van der Waals surface area contributed by atoms with Crippen LogP contribution in [-0.4, -0.2) is 15.5 Å². The molecule has 0 aliphatic carbocycles. The Labute approximate surface area is 138 Å². The highest BCUT2D eigenvalue weighted by Gasteiger charge is 2.15. The number of hydrogen-bond donors (Lipinski definition) is 2. The lowest BCUT2D eigenvalue weighted by atomic mass is 10.2. The Kier molecular flexibility index (Phi) is 4.07. The molecule has 0 aliphatic heterocycles. The number of rotatable bonds is 4. The summed E-state index contributed by atoms with van der Waals surface area (Å²) in [7, 11) is 0. The molecule has 0 saturated heterocycles. The summed E-state index contributed by atoms with van der Waals surface area (Å²) in [6.07, 6.45) is 0. The molecular weight excluding hydrogens is 308 g/mol. The van der Waals surface area contributed by atoms with Gasteiger partial charge in [-0.3, -0.25) is 25.0 Å². The Morgan fingerprint density at radius 2 is 2.04 bits per heavy atom. The number of furan rings is 1. The monoisotopic (exact) mass is 326 g/mol. The van der Waals surface area contributed by atoms with Crippen molar-refractivity contribution in [2.24, 2.45) is 0 Å². The van der Waals surface area contributed by atoms with Gasteiger partial charge in [0.05, 0.1) is 16.5 Å². The molecule has 124 valence electrons. The first-order chi connectivity index (χ1) is 11.5. The second-order valence-corrected chi connectivity index (χ2v) is 5.41. The van der Waals surface area contributed by atoms with Gasteiger partial charge in [0, 0.05) is 6.54 Å². The molecule has 1 amide bonds. The minimum absolute atomic E-state index is 0.157. The van der Waals surface area contributed by atoms with Gasteiger partial charge in [0.25, 0.3) is 11.5 Å². The van der Waals surface area contributed by atoms with Gasteiger partial charge in [0.2, 0.25) is 5.95 Å². The summed E-state index contributed by atoms with van der Waals surface area (Å²) in [4.78, 5) is 29.2. The molecule has 2 N–H and O–H groups in total. The summed E-state index contributed by atoms with van der Waals surface area (Å²) >= 11 is 0. The number of para-hydroxylation sites is 1. The Morgan fingerprint density at radius 1 is 1.29 bits per heavy atom. The van der Waals surface area contributed by atoms with E-state index in [-0.39, 0.29) is 17.4 Å². The molecule has 2 heterocycles. The first-order valence-electron chi connectivity index (χ1n) is 7.64. The van der Waals surface area contributed by atoms with Crippen molar-refractivity contribution in [2.45, 2.75) is 27.3 Å². The van der Waals surface area contributed by atoms with E-state index in [0.717, 1.165) is 0 Å². The van der Waals surface area contributed by atoms with Gasteiger partial charge in [-0.05, 0) is 39.0 Å². The van der Waals surface area contributed by atoms with Crippen LogP contribution in [0, 0.1) is 13.8 Å². The van der Waals surface area contributed by atoms with E-state index in [2.05, 4.69) is 15.8 Å². The third-order valence-electron chi connectivity index (χ3n) is 3.75. The van der Waals surface area contributed by atoms with Crippen molar-refractivity contribution in [3.05, 3.63) is 57.8 Å². The molecule has 1 aromatic carbocycles. The van der Waals surface area contributed by atoms with E-state index in [0.29, 0.717) is 34.5 Å². The Balaban J connectivity index is 1.91. The number of nitrogens with zero attached hydrogens (tertiary/aromatic N) is 2. The van der Waals surface area contributed by atoms with E-state index in [4.69, 9.17) is 4.42 Å². The zero-order chi connectivity index (χ0) is 17.3. The predicted octanol–water partition coefficient (Wildman–Crippen LogP) is 2.38. The maximum atomic E-state index is 12.5. The van der Waals surface area contributed by atoms with Crippen LogP contribution in [0.4, 0.5) is 5.95 Å². The van der Waals surface area contributed by atoms with Crippen LogP contribution in [0.5, 0.6) is 0 Å². The fraction of sp³-hybridized carbons (Fsp3) is 0.235. The second kappa shape index (κ2) is 6.19. The molecule has 0 fully saturated rings. The summed E-state index contributed by atoms with van der Waals surface area (Å²) in [6.45, 7) is 5.77. The number of amides is 1. The molecule has 0 bridgehead atoms. The van der Waals surface area contributed by atoms with Gasteiger partial charge >= 0.3 is 0 Å². The SMILES string of the molecule is CCn1c(NNC(=O)c2cc(C)oc2C)nc2ccccc2c1=O. The fourth-order valence-corrected chi connectivity index (χ4v) is 2.59. The van der Waals surface area contributed by atoms with Crippen LogP contribution in [0.1, 0.15) is 28.8 Å². The molecule has 0 aliphatic rings. The molecule has 3 aromatic rings. The summed E-state index contributed by atoms with van der Waals surface area (Å²) in [6, 6.07) is 8.76. The molecule has 24 heavy (non-hydrogen) atoms. The van der Waals surface area contributed by atoms with Crippen LogP contribution in [0.2, 0.25) is 0 Å². The van der Waals surface area contributed by atoms with Crippen molar-refractivity contribution in [1.29, 1.82) is 0 Å². The van der Waals surface area contributed by atoms with E-state index in [1.807, 2.05) is 13.0 Å². The third kappa shape index (κ3) is 2.76. The van der Waals surface area contributed by atoms with Gasteiger partial charge in [-0.15, -0.1) is 0 Å². The largest absolute Gasteiger partial charge is 0.466 e. The van der Waals surface area contributed by atoms with Gasteiger partial charge < -0.3 is 4.42 Å². The number of carbonyl (C=O) groups excluding carboxylic acids is 1. The highest BCUT2D eigenvalue weighted by atomic mass is 16.3. The lowest BCUT2D eigenvalue weighted by molar-refractivity contribution is 0.0960. The van der Waals surface area contributed by atoms with Crippen molar-refractivity contribution in [3.63, 3.8) is 0 Å². The van der Waals surface area contributed by atoms with Crippen LogP contribution in [0.15, 0.2) is 39.5 Å². The van der Waals surface area contributed by atoms with Gasteiger partial charge in [-0.25, -0.2) is 4.98 Å². The molecule has 0 unspecified atom stereocenters. The average molecular weight is 326 g/mol. The Bertz CT molecular complexity index is 972. The number of benzene rings is 1. The summed E-state index contributed by atoms with van der Waals surface area (Å²) in [5, 5.41) is 0.539. The number of hydrazine groups is 1. The van der Waals surface area contributed by atoms with Crippen molar-refractivity contribution in [1.82, 2.24) is 15.0 Å². The zero-order valence-corrected chi connectivity index (χ0v) is 13.7. The maximum Gasteiger partial charge on any atom is 0.273 e. The van der Waals surface area contributed by atoms with E-state index >= 15 is 0 Å². The highest BCUT2D eigenvalue weighted by Crippen LogP contribution is 2.14. The number of carbonyl (C=O) groups is 1. The molecule has 0 saturated carbocycles. The Hall–Kier alpha value is -3.09. The molecule has 7 heteroatoms. The fourth-order valence-electron chi connectivity index (χ4n) is 2.59. The van der Waals surface area contributed by atoms with Crippen LogP contribution in [0.25, 0.3) is 10.9 Å². The molecule has 7 nitrogen and oxygen atoms in total. The van der Waals surface area contributed by atoms with Crippen molar-refractivity contribution in [2.75, 3.05) is 5.43 Å². The second-order valence-electron chi connectivity index (χ2n) is 5.41. The molecule has 0 atom stereocenters. The quantitative estimate of drug-likeness (QED) is 0.719. The van der Waals surface area contributed by atoms with Gasteiger partial charge in [0.1, 0.15) is 11.5 Å². The maximum absolute atomic E-state index is 12.5.